The van der Waals surface area contributed by atoms with Gasteiger partial charge in [0.25, 0.3) is 0 Å². The van der Waals surface area contributed by atoms with E-state index in [0.29, 0.717) is 5.69 Å². The average Bonchev–Trinajstić information content (AvgIpc) is 2.13. The molecule has 0 radical (unpaired) electrons. The van der Waals surface area contributed by atoms with Crippen molar-refractivity contribution in [2.45, 2.75) is 13.5 Å². The van der Waals surface area contributed by atoms with Crippen LogP contribution in [-0.2, 0) is 6.61 Å². The van der Waals surface area contributed by atoms with Gasteiger partial charge in [0.15, 0.2) is 0 Å². The molecule has 1 aromatic heterocycles. The van der Waals surface area contributed by atoms with Crippen LogP contribution in [0, 0.1) is 6.92 Å². The van der Waals surface area contributed by atoms with Crippen molar-refractivity contribution < 1.29 is 9.52 Å². The molecule has 1 aromatic rings. The first-order valence-electron chi connectivity index (χ1n) is 2.56. The van der Waals surface area contributed by atoms with Gasteiger partial charge in [-0.25, -0.2) is 4.98 Å². The second kappa shape index (κ2) is 2.06. The highest BCUT2D eigenvalue weighted by Gasteiger charge is 2.02. The van der Waals surface area contributed by atoms with Gasteiger partial charge in [-0.15, -0.1) is 0 Å². The largest absolute Gasteiger partial charge is 0.423 e. The van der Waals surface area contributed by atoms with Crippen LogP contribution in [0.2, 0.25) is 0 Å². The van der Waals surface area contributed by atoms with Crippen molar-refractivity contribution >= 4 is 5.88 Å². The second-order valence-corrected chi connectivity index (χ2v) is 1.72. The van der Waals surface area contributed by atoms with Gasteiger partial charge in [0.1, 0.15) is 12.3 Å². The molecule has 0 atom stereocenters. The maximum atomic E-state index is 8.46. The van der Waals surface area contributed by atoms with E-state index in [-0.39, 0.29) is 18.4 Å². The van der Waals surface area contributed by atoms with Crippen molar-refractivity contribution in [2.24, 2.45) is 0 Å². The van der Waals surface area contributed by atoms with Gasteiger partial charge in [-0.1, -0.05) is 0 Å². The van der Waals surface area contributed by atoms with Crippen LogP contribution in [0.4, 0.5) is 5.88 Å². The Kier molecular flexibility index (Phi) is 1.40. The van der Waals surface area contributed by atoms with Crippen molar-refractivity contribution in [3.8, 4) is 0 Å². The smallest absolute Gasteiger partial charge is 0.222 e. The molecule has 50 valence electrons. The summed E-state index contributed by atoms with van der Waals surface area (Å²) in [6, 6.07) is 0. The molecule has 9 heavy (non-hydrogen) atoms. The Labute approximate surface area is 52.3 Å². The highest BCUT2D eigenvalue weighted by Crippen LogP contribution is 2.10. The molecule has 0 aliphatic rings. The van der Waals surface area contributed by atoms with Gasteiger partial charge in [0.2, 0.25) is 11.8 Å². The first-order valence-corrected chi connectivity index (χ1v) is 2.56. The quantitative estimate of drug-likeness (QED) is 0.560. The van der Waals surface area contributed by atoms with E-state index in [1.807, 2.05) is 0 Å². The number of aromatic nitrogens is 1. The van der Waals surface area contributed by atoms with Gasteiger partial charge in [0.05, 0.1) is 0 Å². The van der Waals surface area contributed by atoms with E-state index in [9.17, 15) is 0 Å². The Morgan fingerprint density at radius 3 is 2.67 bits per heavy atom. The number of hydrogen-bond donors (Lipinski definition) is 2. The number of rotatable bonds is 1. The Balaban J connectivity index is 2.98. The molecular formula is C5H8N2O2. The molecule has 4 nitrogen and oxygen atoms in total. The number of anilines is 1. The Morgan fingerprint density at radius 1 is 1.78 bits per heavy atom. The zero-order chi connectivity index (χ0) is 6.85. The van der Waals surface area contributed by atoms with E-state index in [4.69, 9.17) is 15.3 Å². The number of nitrogens with zero attached hydrogens (tertiary/aromatic N) is 1. The molecule has 0 saturated heterocycles. The fraction of sp³-hybridized carbons (Fsp3) is 0.400. The minimum atomic E-state index is -0.196. The van der Waals surface area contributed by atoms with Crippen LogP contribution in [0.3, 0.4) is 0 Å². The van der Waals surface area contributed by atoms with Crippen LogP contribution >= 0.6 is 0 Å². The van der Waals surface area contributed by atoms with Crippen LogP contribution in [0.5, 0.6) is 0 Å². The van der Waals surface area contributed by atoms with Gasteiger partial charge in [-0.2, -0.15) is 0 Å². The van der Waals surface area contributed by atoms with Crippen molar-refractivity contribution in [3.63, 3.8) is 0 Å². The van der Waals surface area contributed by atoms with Crippen molar-refractivity contribution in [2.75, 3.05) is 5.73 Å². The van der Waals surface area contributed by atoms with E-state index in [1.54, 1.807) is 6.92 Å². The summed E-state index contributed by atoms with van der Waals surface area (Å²) in [6.45, 7) is 1.52. The molecule has 4 heteroatoms. The standard InChI is InChI=1S/C5H8N2O2/c1-3-5(6)9-4(2-8)7-3/h8H,2,6H2,1H3. The lowest BCUT2D eigenvalue weighted by Gasteiger charge is -1.80. The monoisotopic (exact) mass is 128 g/mol. The molecule has 0 bridgehead atoms. The zero-order valence-electron chi connectivity index (χ0n) is 5.09. The van der Waals surface area contributed by atoms with Crippen molar-refractivity contribution in [1.82, 2.24) is 4.98 Å². The van der Waals surface area contributed by atoms with Gasteiger partial charge in [0, 0.05) is 0 Å². The molecule has 0 aromatic carbocycles. The normalized spacial score (nSPS) is 10.0. The SMILES string of the molecule is Cc1nc(CO)oc1N. The minimum absolute atomic E-state index is 0.196. The molecule has 0 unspecified atom stereocenters. The molecular weight excluding hydrogens is 120 g/mol. The summed E-state index contributed by atoms with van der Waals surface area (Å²) in [5, 5.41) is 8.46. The first-order chi connectivity index (χ1) is 4.24. The fourth-order valence-corrected chi connectivity index (χ4v) is 0.533. The molecule has 0 aliphatic carbocycles. The van der Waals surface area contributed by atoms with E-state index in [2.05, 4.69) is 4.98 Å². The predicted octanol–water partition coefficient (Wildman–Crippen LogP) is 0.0575. The van der Waals surface area contributed by atoms with E-state index in [0.717, 1.165) is 0 Å². The lowest BCUT2D eigenvalue weighted by molar-refractivity contribution is 0.242. The number of oxazole rings is 1. The maximum absolute atomic E-state index is 8.46. The number of nitrogen functional groups attached to an aromatic ring is 1. The molecule has 0 spiro atoms. The summed E-state index contributed by atoms with van der Waals surface area (Å²) < 4.78 is 4.78. The van der Waals surface area contributed by atoms with Crippen LogP contribution in [0.15, 0.2) is 4.42 Å². The van der Waals surface area contributed by atoms with Crippen LogP contribution in [0.25, 0.3) is 0 Å². The molecule has 3 N–H and O–H groups in total. The van der Waals surface area contributed by atoms with Gasteiger partial charge < -0.3 is 15.3 Å². The van der Waals surface area contributed by atoms with Gasteiger partial charge in [-0.3, -0.25) is 0 Å². The third-order valence-electron chi connectivity index (χ3n) is 1.01. The molecule has 0 amide bonds. The number of hydrogen-bond acceptors (Lipinski definition) is 4. The highest BCUT2D eigenvalue weighted by molar-refractivity contribution is 5.29. The van der Waals surface area contributed by atoms with Gasteiger partial charge in [-0.05, 0) is 6.92 Å². The van der Waals surface area contributed by atoms with E-state index in [1.165, 1.54) is 0 Å². The van der Waals surface area contributed by atoms with E-state index < -0.39 is 0 Å². The highest BCUT2D eigenvalue weighted by atomic mass is 16.4. The number of aliphatic hydroxyl groups excluding tert-OH is 1. The average molecular weight is 128 g/mol. The summed E-state index contributed by atoms with van der Waals surface area (Å²) in [4.78, 5) is 3.79. The number of nitrogens with two attached hydrogens (primary N) is 1. The van der Waals surface area contributed by atoms with Gasteiger partial charge >= 0.3 is 0 Å². The van der Waals surface area contributed by atoms with Crippen molar-refractivity contribution in [1.29, 1.82) is 0 Å². The van der Waals surface area contributed by atoms with Crippen LogP contribution < -0.4 is 5.73 Å². The number of aryl methyl sites for hydroxylation is 1. The van der Waals surface area contributed by atoms with Crippen LogP contribution in [-0.4, -0.2) is 10.1 Å². The summed E-state index contributed by atoms with van der Waals surface area (Å²) in [6.07, 6.45) is 0. The minimum Gasteiger partial charge on any atom is -0.423 e. The molecule has 1 rings (SSSR count). The summed E-state index contributed by atoms with van der Waals surface area (Å²) in [5.41, 5.74) is 5.90. The summed E-state index contributed by atoms with van der Waals surface area (Å²) >= 11 is 0. The number of aliphatic hydroxyl groups is 1. The molecule has 1 heterocycles. The maximum Gasteiger partial charge on any atom is 0.222 e. The Morgan fingerprint density at radius 2 is 2.44 bits per heavy atom. The second-order valence-electron chi connectivity index (χ2n) is 1.72. The van der Waals surface area contributed by atoms with Crippen LogP contribution in [0.1, 0.15) is 11.6 Å². The third kappa shape index (κ3) is 1.02. The fourth-order valence-electron chi connectivity index (χ4n) is 0.533. The first kappa shape index (κ1) is 6.10. The summed E-state index contributed by atoms with van der Waals surface area (Å²) in [5.74, 6) is 0.545. The Bertz CT molecular complexity index is 187. The molecule has 0 fully saturated rings. The molecule has 0 aliphatic heterocycles. The lowest BCUT2D eigenvalue weighted by atomic mass is 10.5. The third-order valence-corrected chi connectivity index (χ3v) is 1.01. The lowest BCUT2D eigenvalue weighted by Crippen LogP contribution is -1.82. The topological polar surface area (TPSA) is 72.3 Å². The molecule has 0 saturated carbocycles. The zero-order valence-corrected chi connectivity index (χ0v) is 5.09. The van der Waals surface area contributed by atoms with Crippen molar-refractivity contribution in [3.05, 3.63) is 11.6 Å². The Hall–Kier alpha value is -1.03. The van der Waals surface area contributed by atoms with E-state index >= 15 is 0 Å². The predicted molar refractivity (Wildman–Crippen MR) is 31.6 cm³/mol. The summed E-state index contributed by atoms with van der Waals surface area (Å²) in [7, 11) is 0.